The number of anilines is 1. The van der Waals surface area contributed by atoms with E-state index < -0.39 is 0 Å². The van der Waals surface area contributed by atoms with E-state index in [0.29, 0.717) is 12.8 Å². The average Bonchev–Trinajstić information content (AvgIpc) is 2.75. The fourth-order valence-corrected chi connectivity index (χ4v) is 2.10. The molecule has 1 aromatic rings. The molecule has 2 rings (SSSR count). The van der Waals surface area contributed by atoms with Gasteiger partial charge < -0.3 is 10.1 Å². The minimum Gasteiger partial charge on any atom is -0.461 e. The number of aryl methyl sites for hydroxylation is 1. The lowest BCUT2D eigenvalue weighted by atomic mass is 10.0. The van der Waals surface area contributed by atoms with Crippen LogP contribution in [0.5, 0.6) is 0 Å². The first-order valence-corrected chi connectivity index (χ1v) is 6.37. The number of benzene rings is 1. The van der Waals surface area contributed by atoms with E-state index in [0.717, 1.165) is 29.7 Å². The van der Waals surface area contributed by atoms with Gasteiger partial charge in [-0.1, -0.05) is 24.8 Å². The Bertz CT molecular complexity index is 508. The molecule has 1 heterocycles. The molecule has 4 heteroatoms. The van der Waals surface area contributed by atoms with Crippen molar-refractivity contribution in [3.63, 3.8) is 0 Å². The van der Waals surface area contributed by atoms with Crippen molar-refractivity contribution in [3.8, 4) is 0 Å². The molecule has 1 amide bonds. The topological polar surface area (TPSA) is 55.4 Å². The van der Waals surface area contributed by atoms with Gasteiger partial charge in [0.15, 0.2) is 0 Å². The molecule has 0 spiro atoms. The number of carbonyl (C=O) groups excluding carboxylic acids is 2. The highest BCUT2D eigenvalue weighted by Crippen LogP contribution is 2.24. The van der Waals surface area contributed by atoms with Crippen LogP contribution < -0.4 is 5.32 Å². The van der Waals surface area contributed by atoms with E-state index in [1.54, 1.807) is 6.08 Å². The number of rotatable bonds is 6. The zero-order valence-electron chi connectivity index (χ0n) is 10.8. The van der Waals surface area contributed by atoms with Gasteiger partial charge in [-0.2, -0.15) is 0 Å². The van der Waals surface area contributed by atoms with Crippen LogP contribution in [0.4, 0.5) is 5.69 Å². The van der Waals surface area contributed by atoms with Crippen LogP contribution in [-0.4, -0.2) is 18.5 Å². The predicted octanol–water partition coefficient (Wildman–Crippen LogP) is 2.23. The minimum atomic E-state index is -0.196. The Morgan fingerprint density at radius 3 is 3.11 bits per heavy atom. The largest absolute Gasteiger partial charge is 0.461 e. The molecule has 0 aromatic heterocycles. The van der Waals surface area contributed by atoms with Gasteiger partial charge >= 0.3 is 5.97 Å². The van der Waals surface area contributed by atoms with Crippen molar-refractivity contribution >= 4 is 17.6 Å². The Morgan fingerprint density at radius 1 is 1.47 bits per heavy atom. The fraction of sp³-hybridized carbons (Fsp3) is 0.333. The van der Waals surface area contributed by atoms with Gasteiger partial charge in [0.05, 0.1) is 6.42 Å². The molecular weight excluding hydrogens is 242 g/mol. The lowest BCUT2D eigenvalue weighted by Crippen LogP contribution is -2.04. The van der Waals surface area contributed by atoms with Gasteiger partial charge in [-0.3, -0.25) is 9.59 Å². The average molecular weight is 259 g/mol. The fourth-order valence-electron chi connectivity index (χ4n) is 2.10. The van der Waals surface area contributed by atoms with Crippen molar-refractivity contribution < 1.29 is 14.3 Å². The summed E-state index contributed by atoms with van der Waals surface area (Å²) in [5, 5.41) is 2.80. The second kappa shape index (κ2) is 6.18. The molecule has 0 unspecified atom stereocenters. The van der Waals surface area contributed by atoms with Gasteiger partial charge in [0.25, 0.3) is 0 Å². The summed E-state index contributed by atoms with van der Waals surface area (Å²) in [7, 11) is 0. The van der Waals surface area contributed by atoms with Crippen LogP contribution in [-0.2, 0) is 27.2 Å². The van der Waals surface area contributed by atoms with Crippen molar-refractivity contribution in [2.24, 2.45) is 0 Å². The Balaban J connectivity index is 1.81. The first-order chi connectivity index (χ1) is 9.19. The van der Waals surface area contributed by atoms with Crippen molar-refractivity contribution in [1.29, 1.82) is 0 Å². The zero-order valence-corrected chi connectivity index (χ0v) is 10.8. The maximum absolute atomic E-state index is 11.3. The highest BCUT2D eigenvalue weighted by atomic mass is 16.5. The number of esters is 1. The molecule has 0 saturated heterocycles. The molecule has 0 bridgehead atoms. The molecule has 19 heavy (non-hydrogen) atoms. The lowest BCUT2D eigenvalue weighted by Gasteiger charge is -2.04. The summed E-state index contributed by atoms with van der Waals surface area (Å²) in [4.78, 5) is 22.5. The third-order valence-corrected chi connectivity index (χ3v) is 3.00. The molecular formula is C15H17NO3. The van der Waals surface area contributed by atoms with Gasteiger partial charge in [0, 0.05) is 12.1 Å². The Labute approximate surface area is 112 Å². The summed E-state index contributed by atoms with van der Waals surface area (Å²) < 4.78 is 4.91. The summed E-state index contributed by atoms with van der Waals surface area (Å²) >= 11 is 0. The monoisotopic (exact) mass is 259 g/mol. The van der Waals surface area contributed by atoms with Gasteiger partial charge in [0.1, 0.15) is 6.61 Å². The summed E-state index contributed by atoms with van der Waals surface area (Å²) in [6, 6.07) is 5.94. The number of nitrogens with one attached hydrogen (secondary N) is 1. The van der Waals surface area contributed by atoms with Crippen molar-refractivity contribution in [2.45, 2.75) is 25.7 Å². The Hall–Kier alpha value is -2.10. The first-order valence-electron chi connectivity index (χ1n) is 6.37. The van der Waals surface area contributed by atoms with Crippen molar-refractivity contribution in [1.82, 2.24) is 0 Å². The van der Waals surface area contributed by atoms with Gasteiger partial charge in [0.2, 0.25) is 5.91 Å². The van der Waals surface area contributed by atoms with Crippen LogP contribution in [0.2, 0.25) is 0 Å². The van der Waals surface area contributed by atoms with E-state index in [9.17, 15) is 9.59 Å². The molecule has 0 fully saturated rings. The summed E-state index contributed by atoms with van der Waals surface area (Å²) in [5.41, 5.74) is 3.09. The number of ether oxygens (including phenoxy) is 1. The van der Waals surface area contributed by atoms with Crippen LogP contribution in [0.3, 0.4) is 0 Å². The van der Waals surface area contributed by atoms with Crippen LogP contribution in [0.25, 0.3) is 0 Å². The predicted molar refractivity (Wildman–Crippen MR) is 72.9 cm³/mol. The highest BCUT2D eigenvalue weighted by Gasteiger charge is 2.17. The molecule has 1 aliphatic rings. The minimum absolute atomic E-state index is 0.0418. The second-order valence-corrected chi connectivity index (χ2v) is 4.54. The summed E-state index contributed by atoms with van der Waals surface area (Å²) in [5.74, 6) is -0.155. The zero-order chi connectivity index (χ0) is 13.7. The lowest BCUT2D eigenvalue weighted by molar-refractivity contribution is -0.142. The number of amides is 1. The van der Waals surface area contributed by atoms with Gasteiger partial charge in [-0.25, -0.2) is 0 Å². The van der Waals surface area contributed by atoms with E-state index in [-0.39, 0.29) is 18.5 Å². The van der Waals surface area contributed by atoms with Crippen LogP contribution in [0.15, 0.2) is 30.9 Å². The van der Waals surface area contributed by atoms with Crippen LogP contribution in [0.1, 0.15) is 24.0 Å². The molecule has 1 aliphatic heterocycles. The van der Waals surface area contributed by atoms with Gasteiger partial charge in [-0.05, 0) is 30.0 Å². The number of fused-ring (bicyclic) bond motifs is 1. The molecule has 0 saturated carbocycles. The molecule has 1 N–H and O–H groups in total. The van der Waals surface area contributed by atoms with Crippen molar-refractivity contribution in [2.75, 3.05) is 11.9 Å². The molecule has 0 radical (unpaired) electrons. The molecule has 1 aromatic carbocycles. The maximum Gasteiger partial charge on any atom is 0.306 e. The smallest absolute Gasteiger partial charge is 0.306 e. The molecule has 0 atom stereocenters. The molecule has 4 nitrogen and oxygen atoms in total. The number of hydrogen-bond acceptors (Lipinski definition) is 3. The van der Waals surface area contributed by atoms with Gasteiger partial charge in [-0.15, -0.1) is 0 Å². The van der Waals surface area contributed by atoms with Crippen LogP contribution in [0, 0.1) is 0 Å². The third-order valence-electron chi connectivity index (χ3n) is 3.00. The Morgan fingerprint density at radius 2 is 2.32 bits per heavy atom. The van der Waals surface area contributed by atoms with E-state index >= 15 is 0 Å². The quantitative estimate of drug-likeness (QED) is 0.629. The second-order valence-electron chi connectivity index (χ2n) is 4.54. The van der Waals surface area contributed by atoms with E-state index in [1.807, 2.05) is 18.2 Å². The summed E-state index contributed by atoms with van der Waals surface area (Å²) in [6.07, 6.45) is 3.97. The Kier molecular flexibility index (Phi) is 4.34. The normalized spacial score (nSPS) is 12.7. The molecule has 0 aliphatic carbocycles. The number of hydrogen-bond donors (Lipinski definition) is 1. The van der Waals surface area contributed by atoms with Crippen molar-refractivity contribution in [3.05, 3.63) is 42.0 Å². The van der Waals surface area contributed by atoms with Crippen LogP contribution >= 0.6 is 0 Å². The van der Waals surface area contributed by atoms with E-state index in [2.05, 4.69) is 11.9 Å². The standard InChI is InChI=1S/C15H17NO3/c1-2-8-19-15(18)5-3-4-11-6-7-13-12(9-11)10-14(17)16-13/h2,6-7,9H,1,3-5,8,10H2,(H,16,17). The van der Waals surface area contributed by atoms with E-state index in [4.69, 9.17) is 4.74 Å². The molecule has 100 valence electrons. The maximum atomic E-state index is 11.3. The number of carbonyl (C=O) groups is 2. The first kappa shape index (κ1) is 13.3. The third kappa shape index (κ3) is 3.68. The highest BCUT2D eigenvalue weighted by molar-refractivity contribution is 5.99. The van der Waals surface area contributed by atoms with E-state index in [1.165, 1.54) is 0 Å². The summed E-state index contributed by atoms with van der Waals surface area (Å²) in [6.45, 7) is 3.76. The SMILES string of the molecule is C=CCOC(=O)CCCc1ccc2c(c1)CC(=O)N2.